The summed E-state index contributed by atoms with van der Waals surface area (Å²) in [6, 6.07) is 2.83. The highest BCUT2D eigenvalue weighted by Gasteiger charge is 2.29. The summed E-state index contributed by atoms with van der Waals surface area (Å²) in [6.07, 6.45) is 3.48. The number of halogens is 1. The van der Waals surface area contributed by atoms with Crippen molar-refractivity contribution in [3.63, 3.8) is 0 Å². The van der Waals surface area contributed by atoms with Gasteiger partial charge >= 0.3 is 0 Å². The number of anilines is 1. The average molecular weight is 394 g/mol. The highest BCUT2D eigenvalue weighted by Crippen LogP contribution is 2.26. The zero-order chi connectivity index (χ0) is 18.7. The molecule has 10 heteroatoms. The molecule has 1 aliphatic carbocycles. The molecule has 0 amide bonds. The first-order chi connectivity index (χ1) is 11.7. The summed E-state index contributed by atoms with van der Waals surface area (Å²) in [4.78, 5) is -0.245. The molecule has 0 aromatic heterocycles. The van der Waals surface area contributed by atoms with Gasteiger partial charge in [0.05, 0.1) is 16.3 Å². The minimum absolute atomic E-state index is 0.0593. The van der Waals surface area contributed by atoms with Crippen LogP contribution in [-0.4, -0.2) is 35.2 Å². The van der Waals surface area contributed by atoms with Gasteiger partial charge in [0.2, 0.25) is 20.0 Å². The number of nitrogens with two attached hydrogens (primary N) is 1. The second-order valence-electron chi connectivity index (χ2n) is 6.16. The lowest BCUT2D eigenvalue weighted by Gasteiger charge is -2.31. The first kappa shape index (κ1) is 20.1. The lowest BCUT2D eigenvalue weighted by atomic mass is 9.85. The summed E-state index contributed by atoms with van der Waals surface area (Å²) >= 11 is 0. The van der Waals surface area contributed by atoms with Crippen molar-refractivity contribution in [1.82, 2.24) is 4.72 Å². The maximum Gasteiger partial charge on any atom is 0.240 e. The molecule has 0 radical (unpaired) electrons. The van der Waals surface area contributed by atoms with E-state index in [0.29, 0.717) is 13.0 Å². The quantitative estimate of drug-likeness (QED) is 0.647. The fourth-order valence-electron chi connectivity index (χ4n) is 2.90. The van der Waals surface area contributed by atoms with Gasteiger partial charge in [0, 0.05) is 6.04 Å². The molecule has 0 heterocycles. The molecular formula is C15H24FN3O4S2. The Labute approximate surface area is 148 Å². The number of benzene rings is 1. The smallest absolute Gasteiger partial charge is 0.240 e. The van der Waals surface area contributed by atoms with Crippen molar-refractivity contribution >= 4 is 25.7 Å². The Balaban J connectivity index is 2.20. The molecule has 2 rings (SSSR count). The second-order valence-corrected chi connectivity index (χ2v) is 9.88. The predicted octanol–water partition coefficient (Wildman–Crippen LogP) is 1.38. The molecule has 142 valence electrons. The van der Waals surface area contributed by atoms with Crippen LogP contribution >= 0.6 is 0 Å². The molecule has 1 fully saturated rings. The Bertz CT molecular complexity index is 812. The number of nitrogens with one attached hydrogen (secondary N) is 2. The van der Waals surface area contributed by atoms with Gasteiger partial charge in [-0.2, -0.15) is 0 Å². The van der Waals surface area contributed by atoms with Crippen LogP contribution in [0.5, 0.6) is 0 Å². The van der Waals surface area contributed by atoms with E-state index in [1.807, 2.05) is 0 Å². The highest BCUT2D eigenvalue weighted by atomic mass is 32.2. The molecule has 0 bridgehead atoms. The van der Waals surface area contributed by atoms with Crippen LogP contribution in [0, 0.1) is 11.7 Å². The number of sulfonamides is 2. The Hall–Kier alpha value is -1.23. The van der Waals surface area contributed by atoms with Crippen molar-refractivity contribution in [2.75, 3.05) is 17.0 Å². The SMILES string of the molecule is CCS(=O)(=O)Nc1ccc(S(=O)(=O)NC2CCCCC2CN)cc1F. The first-order valence-electron chi connectivity index (χ1n) is 8.21. The van der Waals surface area contributed by atoms with E-state index in [9.17, 15) is 21.2 Å². The van der Waals surface area contributed by atoms with Gasteiger partial charge in [-0.1, -0.05) is 12.8 Å². The van der Waals surface area contributed by atoms with Crippen molar-refractivity contribution in [1.29, 1.82) is 0 Å². The lowest BCUT2D eigenvalue weighted by molar-refractivity contribution is 0.296. The third-order valence-corrected chi connectivity index (χ3v) is 7.19. The Morgan fingerprint density at radius 3 is 2.48 bits per heavy atom. The van der Waals surface area contributed by atoms with Gasteiger partial charge in [0.15, 0.2) is 0 Å². The van der Waals surface area contributed by atoms with Gasteiger partial charge in [-0.05, 0) is 50.4 Å². The molecular weight excluding hydrogens is 369 g/mol. The van der Waals surface area contributed by atoms with E-state index in [4.69, 9.17) is 5.73 Å². The second kappa shape index (κ2) is 7.98. The van der Waals surface area contributed by atoms with Crippen LogP contribution in [0.15, 0.2) is 23.1 Å². The molecule has 1 aromatic carbocycles. The standard InChI is InChI=1S/C15H24FN3O4S2/c1-2-24(20,21)18-15-8-7-12(9-13(15)16)25(22,23)19-14-6-4-3-5-11(14)10-17/h7-9,11,14,18-19H,2-6,10,17H2,1H3. The molecule has 0 aliphatic heterocycles. The fraction of sp³-hybridized carbons (Fsp3) is 0.600. The molecule has 1 aliphatic rings. The van der Waals surface area contributed by atoms with Gasteiger partial charge in [0.25, 0.3) is 0 Å². The van der Waals surface area contributed by atoms with Crippen molar-refractivity contribution in [3.8, 4) is 0 Å². The Morgan fingerprint density at radius 2 is 1.88 bits per heavy atom. The normalized spacial score (nSPS) is 21.9. The molecule has 7 nitrogen and oxygen atoms in total. The van der Waals surface area contributed by atoms with E-state index in [1.54, 1.807) is 0 Å². The van der Waals surface area contributed by atoms with Crippen LogP contribution in [0.1, 0.15) is 32.6 Å². The van der Waals surface area contributed by atoms with E-state index in [-0.39, 0.29) is 28.3 Å². The van der Waals surface area contributed by atoms with Gasteiger partial charge in [-0.25, -0.2) is 25.9 Å². The zero-order valence-electron chi connectivity index (χ0n) is 14.0. The van der Waals surface area contributed by atoms with Crippen LogP contribution in [-0.2, 0) is 20.0 Å². The molecule has 0 saturated heterocycles. The van der Waals surface area contributed by atoms with E-state index >= 15 is 0 Å². The summed E-state index contributed by atoms with van der Waals surface area (Å²) in [6.45, 7) is 1.81. The maximum atomic E-state index is 14.1. The lowest BCUT2D eigenvalue weighted by Crippen LogP contribution is -2.44. The number of rotatable bonds is 7. The van der Waals surface area contributed by atoms with Crippen LogP contribution in [0.4, 0.5) is 10.1 Å². The van der Waals surface area contributed by atoms with E-state index in [1.165, 1.54) is 13.0 Å². The maximum absolute atomic E-state index is 14.1. The molecule has 4 N–H and O–H groups in total. The largest absolute Gasteiger partial charge is 0.330 e. The number of hydrogen-bond acceptors (Lipinski definition) is 5. The molecule has 2 atom stereocenters. The molecule has 1 aromatic rings. The summed E-state index contributed by atoms with van der Waals surface area (Å²) in [7, 11) is -7.56. The average Bonchev–Trinajstić information content (AvgIpc) is 2.56. The van der Waals surface area contributed by atoms with Gasteiger partial charge < -0.3 is 5.73 Å². The summed E-state index contributed by atoms with van der Waals surface area (Å²) < 4.78 is 66.9. The van der Waals surface area contributed by atoms with Crippen LogP contribution in [0.25, 0.3) is 0 Å². The molecule has 0 spiro atoms. The minimum Gasteiger partial charge on any atom is -0.330 e. The Kier molecular flexibility index (Phi) is 6.41. The van der Waals surface area contributed by atoms with Gasteiger partial charge in [-0.15, -0.1) is 0 Å². The van der Waals surface area contributed by atoms with E-state index in [0.717, 1.165) is 31.4 Å². The fourth-order valence-corrected chi connectivity index (χ4v) is 4.89. The number of hydrogen-bond donors (Lipinski definition) is 3. The van der Waals surface area contributed by atoms with Crippen LogP contribution in [0.2, 0.25) is 0 Å². The molecule has 1 saturated carbocycles. The molecule has 2 unspecified atom stereocenters. The highest BCUT2D eigenvalue weighted by molar-refractivity contribution is 7.92. The first-order valence-corrected chi connectivity index (χ1v) is 11.3. The Morgan fingerprint density at radius 1 is 1.20 bits per heavy atom. The third kappa shape index (κ3) is 5.13. The third-order valence-electron chi connectivity index (χ3n) is 4.41. The van der Waals surface area contributed by atoms with Crippen molar-refractivity contribution in [2.45, 2.75) is 43.5 Å². The van der Waals surface area contributed by atoms with Crippen molar-refractivity contribution in [3.05, 3.63) is 24.0 Å². The van der Waals surface area contributed by atoms with E-state index < -0.39 is 25.9 Å². The topological polar surface area (TPSA) is 118 Å². The van der Waals surface area contributed by atoms with Crippen LogP contribution in [0.3, 0.4) is 0 Å². The van der Waals surface area contributed by atoms with Crippen molar-refractivity contribution < 1.29 is 21.2 Å². The zero-order valence-corrected chi connectivity index (χ0v) is 15.7. The van der Waals surface area contributed by atoms with Crippen molar-refractivity contribution in [2.24, 2.45) is 11.7 Å². The monoisotopic (exact) mass is 393 g/mol. The minimum atomic E-state index is -3.91. The summed E-state index contributed by atoms with van der Waals surface area (Å²) in [5.41, 5.74) is 5.43. The predicted molar refractivity (Wildman–Crippen MR) is 94.6 cm³/mol. The summed E-state index contributed by atoms with van der Waals surface area (Å²) in [5, 5.41) is 0. The molecule has 25 heavy (non-hydrogen) atoms. The summed E-state index contributed by atoms with van der Waals surface area (Å²) in [5.74, 6) is -1.10. The van der Waals surface area contributed by atoms with Gasteiger partial charge in [0.1, 0.15) is 5.82 Å². The van der Waals surface area contributed by atoms with Crippen LogP contribution < -0.4 is 15.2 Å². The van der Waals surface area contributed by atoms with Gasteiger partial charge in [-0.3, -0.25) is 4.72 Å². The van der Waals surface area contributed by atoms with E-state index in [2.05, 4.69) is 9.44 Å².